The lowest BCUT2D eigenvalue weighted by Gasteiger charge is -2.22. The maximum Gasteiger partial charge on any atom is 0.112 e. The van der Waals surface area contributed by atoms with E-state index in [0.29, 0.717) is 6.04 Å². The molecule has 1 aromatic heterocycles. The number of hydrogen-bond donors (Lipinski definition) is 1. The van der Waals surface area contributed by atoms with Crippen LogP contribution in [0.15, 0.2) is 0 Å². The van der Waals surface area contributed by atoms with Gasteiger partial charge in [0, 0.05) is 50.3 Å². The van der Waals surface area contributed by atoms with Gasteiger partial charge in [0.05, 0.1) is 5.69 Å². The third-order valence-corrected chi connectivity index (χ3v) is 5.45. The van der Waals surface area contributed by atoms with Gasteiger partial charge < -0.3 is 14.8 Å². The van der Waals surface area contributed by atoms with Gasteiger partial charge in [-0.1, -0.05) is 0 Å². The van der Waals surface area contributed by atoms with Crippen LogP contribution in [-0.4, -0.2) is 40.1 Å². The molecule has 0 bridgehead atoms. The molecule has 1 unspecified atom stereocenters. The zero-order chi connectivity index (χ0) is 14.4. The van der Waals surface area contributed by atoms with Crippen LogP contribution < -0.4 is 5.32 Å². The first kappa shape index (κ1) is 13.8. The van der Waals surface area contributed by atoms with E-state index in [4.69, 9.17) is 4.98 Å². The van der Waals surface area contributed by atoms with Crippen molar-refractivity contribution in [2.24, 2.45) is 5.92 Å². The molecule has 4 nitrogen and oxygen atoms in total. The quantitative estimate of drug-likeness (QED) is 0.921. The Labute approximate surface area is 127 Å². The maximum absolute atomic E-state index is 5.00. The second-order valence-electron chi connectivity index (χ2n) is 7.42. The van der Waals surface area contributed by atoms with E-state index in [1.54, 1.807) is 5.69 Å². The lowest BCUT2D eigenvalue weighted by atomic mass is 10.1. The average molecular weight is 288 g/mol. The van der Waals surface area contributed by atoms with Gasteiger partial charge in [-0.3, -0.25) is 0 Å². The molecule has 4 heteroatoms. The second kappa shape index (κ2) is 5.40. The molecule has 1 aliphatic carbocycles. The summed E-state index contributed by atoms with van der Waals surface area (Å²) in [5.41, 5.74) is 2.88. The number of nitrogens with one attached hydrogen (secondary N) is 1. The summed E-state index contributed by atoms with van der Waals surface area (Å²) in [6, 6.07) is 0.693. The number of nitrogens with zero attached hydrogens (tertiary/aromatic N) is 3. The summed E-state index contributed by atoms with van der Waals surface area (Å²) in [6.07, 6.45) is 5.22. The van der Waals surface area contributed by atoms with Crippen LogP contribution in [0.4, 0.5) is 0 Å². The SMILES string of the molecule is CC(C)N1CCC(Cn2c(C3CC3)nc3c2CCNC3)C1. The first-order valence-corrected chi connectivity index (χ1v) is 8.75. The highest BCUT2D eigenvalue weighted by atomic mass is 15.2. The summed E-state index contributed by atoms with van der Waals surface area (Å²) < 4.78 is 2.63. The van der Waals surface area contributed by atoms with Crippen molar-refractivity contribution in [3.63, 3.8) is 0 Å². The third-order valence-electron chi connectivity index (χ3n) is 5.45. The van der Waals surface area contributed by atoms with Gasteiger partial charge in [-0.15, -0.1) is 0 Å². The fraction of sp³-hybridized carbons (Fsp3) is 0.824. The molecule has 1 saturated carbocycles. The fourth-order valence-electron chi connectivity index (χ4n) is 3.99. The highest BCUT2D eigenvalue weighted by molar-refractivity contribution is 5.24. The number of aromatic nitrogens is 2. The van der Waals surface area contributed by atoms with Gasteiger partial charge in [0.1, 0.15) is 5.82 Å². The van der Waals surface area contributed by atoms with E-state index in [0.717, 1.165) is 31.3 Å². The lowest BCUT2D eigenvalue weighted by molar-refractivity contribution is 0.260. The van der Waals surface area contributed by atoms with E-state index in [2.05, 4.69) is 28.6 Å². The molecule has 3 aliphatic rings. The van der Waals surface area contributed by atoms with Crippen molar-refractivity contribution in [1.29, 1.82) is 0 Å². The zero-order valence-corrected chi connectivity index (χ0v) is 13.4. The van der Waals surface area contributed by atoms with Gasteiger partial charge in [0.25, 0.3) is 0 Å². The Morgan fingerprint density at radius 3 is 2.86 bits per heavy atom. The minimum atomic E-state index is 0.693. The van der Waals surface area contributed by atoms with Crippen molar-refractivity contribution < 1.29 is 0 Å². The molecule has 2 aliphatic heterocycles. The van der Waals surface area contributed by atoms with Crippen molar-refractivity contribution in [1.82, 2.24) is 19.8 Å². The summed E-state index contributed by atoms with van der Waals surface area (Å²) in [6.45, 7) is 10.5. The number of likely N-dealkylation sites (tertiary alicyclic amines) is 1. The van der Waals surface area contributed by atoms with Crippen molar-refractivity contribution in [2.75, 3.05) is 19.6 Å². The molecule has 21 heavy (non-hydrogen) atoms. The molecule has 1 N–H and O–H groups in total. The van der Waals surface area contributed by atoms with Gasteiger partial charge >= 0.3 is 0 Å². The Balaban J connectivity index is 1.55. The van der Waals surface area contributed by atoms with Crippen molar-refractivity contribution >= 4 is 0 Å². The molecular weight excluding hydrogens is 260 g/mol. The minimum absolute atomic E-state index is 0.693. The molecule has 116 valence electrons. The summed E-state index contributed by atoms with van der Waals surface area (Å²) in [7, 11) is 0. The van der Waals surface area contributed by atoms with E-state index >= 15 is 0 Å². The largest absolute Gasteiger partial charge is 0.331 e. The molecule has 0 radical (unpaired) electrons. The van der Waals surface area contributed by atoms with Crippen LogP contribution in [0.5, 0.6) is 0 Å². The molecule has 1 atom stereocenters. The predicted molar refractivity (Wildman–Crippen MR) is 84.4 cm³/mol. The Morgan fingerprint density at radius 1 is 1.29 bits per heavy atom. The number of rotatable bonds is 4. The first-order chi connectivity index (χ1) is 10.2. The van der Waals surface area contributed by atoms with Gasteiger partial charge in [-0.25, -0.2) is 4.98 Å². The van der Waals surface area contributed by atoms with E-state index in [9.17, 15) is 0 Å². The molecule has 0 aromatic carbocycles. The van der Waals surface area contributed by atoms with Crippen LogP contribution in [0, 0.1) is 5.92 Å². The maximum atomic E-state index is 5.00. The van der Waals surface area contributed by atoms with Gasteiger partial charge in [-0.2, -0.15) is 0 Å². The topological polar surface area (TPSA) is 33.1 Å². The van der Waals surface area contributed by atoms with Crippen molar-refractivity contribution in [3.05, 3.63) is 17.2 Å². The van der Waals surface area contributed by atoms with E-state index < -0.39 is 0 Å². The molecule has 4 rings (SSSR count). The molecule has 3 heterocycles. The summed E-state index contributed by atoms with van der Waals surface area (Å²) >= 11 is 0. The van der Waals surface area contributed by atoms with Gasteiger partial charge in [-0.05, 0) is 45.6 Å². The molecule has 0 spiro atoms. The number of fused-ring (bicyclic) bond motifs is 1. The second-order valence-corrected chi connectivity index (χ2v) is 7.42. The highest BCUT2D eigenvalue weighted by Gasteiger charge is 2.33. The van der Waals surface area contributed by atoms with Gasteiger partial charge in [0.2, 0.25) is 0 Å². The van der Waals surface area contributed by atoms with E-state index in [1.807, 2.05) is 0 Å². The van der Waals surface area contributed by atoms with Crippen LogP contribution in [0.2, 0.25) is 0 Å². The van der Waals surface area contributed by atoms with Crippen LogP contribution in [-0.2, 0) is 19.5 Å². The zero-order valence-electron chi connectivity index (χ0n) is 13.4. The first-order valence-electron chi connectivity index (χ1n) is 8.75. The number of hydrogen-bond acceptors (Lipinski definition) is 3. The third kappa shape index (κ3) is 2.64. The summed E-state index contributed by atoms with van der Waals surface area (Å²) in [4.78, 5) is 7.63. The number of imidazole rings is 1. The highest BCUT2D eigenvalue weighted by Crippen LogP contribution is 2.41. The molecule has 1 saturated heterocycles. The minimum Gasteiger partial charge on any atom is -0.331 e. The Bertz CT molecular complexity index is 515. The Kier molecular flexibility index (Phi) is 3.54. The smallest absolute Gasteiger partial charge is 0.112 e. The average Bonchev–Trinajstić information content (AvgIpc) is 3.10. The van der Waals surface area contributed by atoms with Crippen LogP contribution >= 0.6 is 0 Å². The van der Waals surface area contributed by atoms with Crippen molar-refractivity contribution in [2.45, 2.75) is 64.6 Å². The molecule has 0 amide bonds. The van der Waals surface area contributed by atoms with E-state index in [1.165, 1.54) is 50.4 Å². The Morgan fingerprint density at radius 2 is 2.14 bits per heavy atom. The summed E-state index contributed by atoms with van der Waals surface area (Å²) in [5.74, 6) is 2.99. The molecule has 2 fully saturated rings. The Hall–Kier alpha value is -0.870. The van der Waals surface area contributed by atoms with Crippen molar-refractivity contribution in [3.8, 4) is 0 Å². The lowest BCUT2D eigenvalue weighted by Crippen LogP contribution is -2.29. The summed E-state index contributed by atoms with van der Waals surface area (Å²) in [5, 5.41) is 3.47. The standard InChI is InChI=1S/C17H28N4/c1-12(2)20-8-6-13(10-20)11-21-16-5-7-18-9-15(16)19-17(21)14-3-4-14/h12-14,18H,3-11H2,1-2H3. The van der Waals surface area contributed by atoms with E-state index in [-0.39, 0.29) is 0 Å². The normalized spacial score (nSPS) is 26.5. The van der Waals surface area contributed by atoms with Crippen LogP contribution in [0.1, 0.15) is 56.2 Å². The monoisotopic (exact) mass is 288 g/mol. The van der Waals surface area contributed by atoms with Crippen LogP contribution in [0.25, 0.3) is 0 Å². The fourth-order valence-corrected chi connectivity index (χ4v) is 3.99. The predicted octanol–water partition coefficient (Wildman–Crippen LogP) is 2.14. The van der Waals surface area contributed by atoms with Gasteiger partial charge in [0.15, 0.2) is 0 Å². The van der Waals surface area contributed by atoms with Crippen LogP contribution in [0.3, 0.4) is 0 Å². The molecule has 1 aromatic rings. The molecular formula is C17H28N4.